The normalized spacial score (nSPS) is 15.7. The highest BCUT2D eigenvalue weighted by atomic mass is 16.5. The fourth-order valence-electron chi connectivity index (χ4n) is 5.09. The van der Waals surface area contributed by atoms with Crippen LogP contribution in [0.25, 0.3) is 16.7 Å². The van der Waals surface area contributed by atoms with Crippen molar-refractivity contribution in [1.29, 1.82) is 0 Å². The lowest BCUT2D eigenvalue weighted by Gasteiger charge is -2.22. The van der Waals surface area contributed by atoms with E-state index in [0.29, 0.717) is 42.6 Å². The molecule has 1 fully saturated rings. The molecule has 11 heteroatoms. The monoisotopic (exact) mass is 499 g/mol. The standard InChI is InChI=1S/C26H25N7O4/c27-24-18-13-17(6-8-22(18)37-30-24)33-21(14-19(29-33)25(28)35)26(36)32-11-9-15-12-16(5-7-20(15)32)31-10-3-1-2-4-23(31)34/h5-8,12-14H,1-4,9-11H2,(H2,27,30)(H2,28,35). The summed E-state index contributed by atoms with van der Waals surface area (Å²) < 4.78 is 6.56. The van der Waals surface area contributed by atoms with E-state index in [1.54, 1.807) is 23.1 Å². The second-order valence-corrected chi connectivity index (χ2v) is 9.31. The molecule has 1 saturated heterocycles. The summed E-state index contributed by atoms with van der Waals surface area (Å²) in [4.78, 5) is 41.8. The van der Waals surface area contributed by atoms with E-state index in [-0.39, 0.29) is 29.0 Å². The van der Waals surface area contributed by atoms with Gasteiger partial charge in [-0.2, -0.15) is 5.10 Å². The van der Waals surface area contributed by atoms with Crippen LogP contribution in [0.1, 0.15) is 52.2 Å². The molecule has 4 N–H and O–H groups in total. The first-order chi connectivity index (χ1) is 17.9. The predicted molar refractivity (Wildman–Crippen MR) is 137 cm³/mol. The maximum atomic E-state index is 13.8. The van der Waals surface area contributed by atoms with Gasteiger partial charge >= 0.3 is 0 Å². The molecule has 3 amide bonds. The molecule has 4 heterocycles. The molecule has 0 radical (unpaired) electrons. The molecule has 2 aromatic carbocycles. The van der Waals surface area contributed by atoms with Crippen LogP contribution in [0, 0.1) is 0 Å². The molecular formula is C26H25N7O4. The molecule has 37 heavy (non-hydrogen) atoms. The van der Waals surface area contributed by atoms with Crippen molar-refractivity contribution in [3.63, 3.8) is 0 Å². The number of carbonyl (C=O) groups is 3. The van der Waals surface area contributed by atoms with E-state index in [0.717, 1.165) is 36.2 Å². The third-order valence-electron chi connectivity index (χ3n) is 7.00. The van der Waals surface area contributed by atoms with Gasteiger partial charge < -0.3 is 25.8 Å². The minimum absolute atomic E-state index is 0.0313. The van der Waals surface area contributed by atoms with E-state index in [1.165, 1.54) is 10.7 Å². The highest BCUT2D eigenvalue weighted by Gasteiger charge is 2.31. The van der Waals surface area contributed by atoms with Gasteiger partial charge in [0.25, 0.3) is 11.8 Å². The summed E-state index contributed by atoms with van der Waals surface area (Å²) >= 11 is 0. The van der Waals surface area contributed by atoms with Crippen LogP contribution in [0.4, 0.5) is 17.2 Å². The average Bonchev–Trinajstić information content (AvgIpc) is 3.58. The van der Waals surface area contributed by atoms with E-state index < -0.39 is 5.91 Å². The van der Waals surface area contributed by atoms with Crippen molar-refractivity contribution in [3.8, 4) is 5.69 Å². The number of benzene rings is 2. The number of rotatable bonds is 4. The van der Waals surface area contributed by atoms with Crippen LogP contribution >= 0.6 is 0 Å². The third-order valence-corrected chi connectivity index (χ3v) is 7.00. The summed E-state index contributed by atoms with van der Waals surface area (Å²) in [5.41, 5.74) is 15.2. The minimum Gasteiger partial charge on any atom is -0.380 e. The zero-order valence-corrected chi connectivity index (χ0v) is 20.0. The first-order valence-corrected chi connectivity index (χ1v) is 12.2. The summed E-state index contributed by atoms with van der Waals surface area (Å²) in [6.07, 6.45) is 4.15. The minimum atomic E-state index is -0.744. The van der Waals surface area contributed by atoms with Crippen LogP contribution in [0.5, 0.6) is 0 Å². The zero-order chi connectivity index (χ0) is 25.7. The molecule has 0 aliphatic carbocycles. The molecule has 0 bridgehead atoms. The highest BCUT2D eigenvalue weighted by molar-refractivity contribution is 6.08. The van der Waals surface area contributed by atoms with Crippen LogP contribution < -0.4 is 21.3 Å². The second-order valence-electron chi connectivity index (χ2n) is 9.31. The Kier molecular flexibility index (Phi) is 5.40. The molecule has 2 aliphatic rings. The van der Waals surface area contributed by atoms with Crippen molar-refractivity contribution in [2.45, 2.75) is 32.1 Å². The van der Waals surface area contributed by atoms with E-state index in [2.05, 4.69) is 10.3 Å². The van der Waals surface area contributed by atoms with Crippen LogP contribution in [-0.4, -0.2) is 45.7 Å². The number of anilines is 3. The van der Waals surface area contributed by atoms with Gasteiger partial charge in [0.1, 0.15) is 5.69 Å². The zero-order valence-electron chi connectivity index (χ0n) is 20.0. The van der Waals surface area contributed by atoms with Gasteiger partial charge in [-0.25, -0.2) is 4.68 Å². The van der Waals surface area contributed by atoms with E-state index in [4.69, 9.17) is 16.0 Å². The number of fused-ring (bicyclic) bond motifs is 2. The maximum Gasteiger partial charge on any atom is 0.277 e. The Labute approximate surface area is 211 Å². The van der Waals surface area contributed by atoms with E-state index in [9.17, 15) is 14.4 Å². The number of hydrogen-bond acceptors (Lipinski definition) is 7. The molecule has 0 saturated carbocycles. The molecule has 2 aliphatic heterocycles. The fourth-order valence-corrected chi connectivity index (χ4v) is 5.09. The Hall–Kier alpha value is -4.67. The number of carbonyl (C=O) groups excluding carboxylic acids is 3. The Morgan fingerprint density at radius 2 is 1.78 bits per heavy atom. The van der Waals surface area contributed by atoms with Gasteiger partial charge in [0.2, 0.25) is 5.91 Å². The van der Waals surface area contributed by atoms with Gasteiger partial charge in [0.15, 0.2) is 17.1 Å². The highest BCUT2D eigenvalue weighted by Crippen LogP contribution is 2.34. The lowest BCUT2D eigenvalue weighted by atomic mass is 10.1. The van der Waals surface area contributed by atoms with Gasteiger partial charge in [0, 0.05) is 37.0 Å². The summed E-state index contributed by atoms with van der Waals surface area (Å²) in [6.45, 7) is 1.16. The van der Waals surface area contributed by atoms with Crippen molar-refractivity contribution >= 4 is 45.9 Å². The Morgan fingerprint density at radius 1 is 0.946 bits per heavy atom. The number of primary amides is 1. The van der Waals surface area contributed by atoms with Gasteiger partial charge in [-0.1, -0.05) is 11.6 Å². The Morgan fingerprint density at radius 3 is 2.62 bits per heavy atom. The first kappa shape index (κ1) is 22.8. The fraction of sp³-hybridized carbons (Fsp3) is 0.269. The number of nitrogen functional groups attached to an aromatic ring is 1. The van der Waals surface area contributed by atoms with Crippen LogP contribution in [-0.2, 0) is 11.2 Å². The lowest BCUT2D eigenvalue weighted by molar-refractivity contribution is -0.118. The third kappa shape index (κ3) is 3.88. The quantitative estimate of drug-likeness (QED) is 0.438. The largest absolute Gasteiger partial charge is 0.380 e. The first-order valence-electron chi connectivity index (χ1n) is 12.2. The number of amides is 3. The summed E-state index contributed by atoms with van der Waals surface area (Å²) in [5, 5.41) is 8.62. The summed E-state index contributed by atoms with van der Waals surface area (Å²) in [7, 11) is 0. The lowest BCUT2D eigenvalue weighted by Crippen LogP contribution is -2.31. The number of nitrogens with two attached hydrogens (primary N) is 2. The number of aromatic nitrogens is 3. The molecule has 2 aromatic heterocycles. The van der Waals surface area contributed by atoms with Gasteiger partial charge in [-0.05, 0) is 61.2 Å². The van der Waals surface area contributed by atoms with Crippen molar-refractivity contribution in [2.24, 2.45) is 5.73 Å². The summed E-state index contributed by atoms with van der Waals surface area (Å²) in [6, 6.07) is 12.2. The molecule has 6 rings (SSSR count). The van der Waals surface area contributed by atoms with Gasteiger partial charge in [0.05, 0.1) is 11.1 Å². The molecule has 0 atom stereocenters. The van der Waals surface area contributed by atoms with Crippen molar-refractivity contribution in [3.05, 3.63) is 59.4 Å². The van der Waals surface area contributed by atoms with Crippen molar-refractivity contribution in [1.82, 2.24) is 14.9 Å². The second kappa shape index (κ2) is 8.77. The molecule has 188 valence electrons. The van der Waals surface area contributed by atoms with E-state index >= 15 is 0 Å². The number of nitrogens with zero attached hydrogens (tertiary/aromatic N) is 5. The van der Waals surface area contributed by atoms with Crippen LogP contribution in [0.3, 0.4) is 0 Å². The molecular weight excluding hydrogens is 474 g/mol. The smallest absolute Gasteiger partial charge is 0.277 e. The maximum absolute atomic E-state index is 13.8. The molecule has 0 unspecified atom stereocenters. The summed E-state index contributed by atoms with van der Waals surface area (Å²) in [5.74, 6) is -0.724. The number of hydrogen-bond donors (Lipinski definition) is 2. The van der Waals surface area contributed by atoms with Crippen molar-refractivity contribution in [2.75, 3.05) is 28.6 Å². The molecule has 4 aromatic rings. The van der Waals surface area contributed by atoms with Crippen molar-refractivity contribution < 1.29 is 18.9 Å². The topological polar surface area (TPSA) is 154 Å². The SMILES string of the molecule is NC(=O)c1cc(C(=O)N2CCc3cc(N4CCCCCC4=O)ccc32)n(-c2ccc3onc(N)c3c2)n1. The van der Waals surface area contributed by atoms with Gasteiger partial charge in [-0.3, -0.25) is 14.4 Å². The Bertz CT molecular complexity index is 1570. The predicted octanol–water partition coefficient (Wildman–Crippen LogP) is 2.80. The van der Waals surface area contributed by atoms with Crippen LogP contribution in [0.2, 0.25) is 0 Å². The van der Waals surface area contributed by atoms with Crippen LogP contribution in [0.15, 0.2) is 47.0 Å². The van der Waals surface area contributed by atoms with E-state index in [1.807, 2.05) is 23.1 Å². The Balaban J connectivity index is 1.36. The molecule has 11 nitrogen and oxygen atoms in total. The van der Waals surface area contributed by atoms with Gasteiger partial charge in [-0.15, -0.1) is 0 Å². The molecule has 0 spiro atoms. The average molecular weight is 500 g/mol.